The molecule has 0 unspecified atom stereocenters. The lowest BCUT2D eigenvalue weighted by Gasteiger charge is -2.11. The lowest BCUT2D eigenvalue weighted by molar-refractivity contribution is 0.425. The summed E-state index contributed by atoms with van der Waals surface area (Å²) < 4.78 is 0.846. The van der Waals surface area contributed by atoms with Crippen LogP contribution in [0.3, 0.4) is 0 Å². The number of nitrogens with one attached hydrogen (secondary N) is 1. The van der Waals surface area contributed by atoms with Crippen LogP contribution in [-0.4, -0.2) is 42.1 Å². The van der Waals surface area contributed by atoms with E-state index in [0.29, 0.717) is 0 Å². The molecule has 0 bridgehead atoms. The number of hydrogen-bond donors (Lipinski definition) is 1. The largest absolute Gasteiger partial charge is 0.369 e. The van der Waals surface area contributed by atoms with E-state index in [1.807, 2.05) is 6.07 Å². The van der Waals surface area contributed by atoms with Gasteiger partial charge in [0, 0.05) is 25.6 Å². The van der Waals surface area contributed by atoms with Crippen LogP contribution in [0.25, 0.3) is 0 Å². The van der Waals surface area contributed by atoms with Crippen molar-refractivity contribution in [2.45, 2.75) is 19.8 Å². The van der Waals surface area contributed by atoms with Gasteiger partial charge < -0.3 is 10.2 Å². The molecule has 0 atom stereocenters. The number of nitrogens with zero attached hydrogens (tertiary/aromatic N) is 3. The summed E-state index contributed by atoms with van der Waals surface area (Å²) in [4.78, 5) is 10.9. The Hall–Kier alpha value is -0.680. The van der Waals surface area contributed by atoms with Gasteiger partial charge in [0.1, 0.15) is 16.2 Å². The molecule has 0 aliphatic heterocycles. The second-order valence-electron chi connectivity index (χ2n) is 3.97. The number of rotatable bonds is 6. The van der Waals surface area contributed by atoms with Crippen molar-refractivity contribution >= 4 is 21.7 Å². The van der Waals surface area contributed by atoms with Crippen molar-refractivity contribution in [2.24, 2.45) is 0 Å². The lowest BCUT2D eigenvalue weighted by Crippen LogP contribution is -2.21. The molecule has 1 heterocycles. The molecule has 0 fully saturated rings. The van der Waals surface area contributed by atoms with Crippen LogP contribution >= 0.6 is 15.9 Å². The highest BCUT2D eigenvalue weighted by molar-refractivity contribution is 9.10. The first-order chi connectivity index (χ1) is 7.61. The molecule has 0 saturated heterocycles. The summed E-state index contributed by atoms with van der Waals surface area (Å²) in [5.74, 6) is 1.79. The van der Waals surface area contributed by atoms with Crippen LogP contribution in [0, 0.1) is 0 Å². The van der Waals surface area contributed by atoms with E-state index in [1.54, 1.807) is 0 Å². The minimum Gasteiger partial charge on any atom is -0.369 e. The number of hydrogen-bond acceptors (Lipinski definition) is 4. The monoisotopic (exact) mass is 286 g/mol. The zero-order chi connectivity index (χ0) is 12.0. The summed E-state index contributed by atoms with van der Waals surface area (Å²) in [7, 11) is 4.11. The summed E-state index contributed by atoms with van der Waals surface area (Å²) in [5, 5.41) is 3.29. The van der Waals surface area contributed by atoms with Crippen LogP contribution in [0.4, 0.5) is 5.82 Å². The van der Waals surface area contributed by atoms with Crippen molar-refractivity contribution in [1.82, 2.24) is 14.9 Å². The highest BCUT2D eigenvalue weighted by atomic mass is 79.9. The van der Waals surface area contributed by atoms with E-state index in [1.165, 1.54) is 0 Å². The van der Waals surface area contributed by atoms with Gasteiger partial charge >= 0.3 is 0 Å². The second-order valence-corrected chi connectivity index (χ2v) is 4.78. The van der Waals surface area contributed by atoms with Crippen molar-refractivity contribution in [3.8, 4) is 0 Å². The Labute approximate surface area is 106 Å². The number of aryl methyl sites for hydroxylation is 1. The molecule has 16 heavy (non-hydrogen) atoms. The van der Waals surface area contributed by atoms with Gasteiger partial charge in [0.2, 0.25) is 0 Å². The Morgan fingerprint density at radius 3 is 2.75 bits per heavy atom. The quantitative estimate of drug-likeness (QED) is 0.814. The van der Waals surface area contributed by atoms with E-state index in [-0.39, 0.29) is 0 Å². The molecule has 0 spiro atoms. The molecular weight excluding hydrogens is 268 g/mol. The minimum absolute atomic E-state index is 0.846. The van der Waals surface area contributed by atoms with Gasteiger partial charge in [-0.3, -0.25) is 0 Å². The molecule has 90 valence electrons. The van der Waals surface area contributed by atoms with Crippen molar-refractivity contribution in [3.63, 3.8) is 0 Å². The van der Waals surface area contributed by atoms with Gasteiger partial charge in [-0.1, -0.05) is 6.92 Å². The summed E-state index contributed by atoms with van der Waals surface area (Å²) in [5.41, 5.74) is 0. The first kappa shape index (κ1) is 13.4. The molecule has 0 amide bonds. The third-order valence-electron chi connectivity index (χ3n) is 2.08. The molecule has 0 radical (unpaired) electrons. The predicted octanol–water partition coefficient (Wildman–Crippen LogP) is 2.17. The van der Waals surface area contributed by atoms with Crippen LogP contribution in [-0.2, 0) is 6.42 Å². The Morgan fingerprint density at radius 1 is 1.38 bits per heavy atom. The zero-order valence-electron chi connectivity index (χ0n) is 10.1. The normalized spacial score (nSPS) is 10.8. The van der Waals surface area contributed by atoms with Crippen molar-refractivity contribution in [3.05, 3.63) is 16.5 Å². The van der Waals surface area contributed by atoms with E-state index in [4.69, 9.17) is 0 Å². The average molecular weight is 287 g/mol. The fourth-order valence-electron chi connectivity index (χ4n) is 1.30. The van der Waals surface area contributed by atoms with Gasteiger partial charge in [0.05, 0.1) is 0 Å². The smallest absolute Gasteiger partial charge is 0.132 e. The maximum Gasteiger partial charge on any atom is 0.132 e. The molecule has 1 aromatic rings. The second kappa shape index (κ2) is 6.81. The molecule has 0 aliphatic rings. The topological polar surface area (TPSA) is 41.1 Å². The minimum atomic E-state index is 0.846. The Kier molecular flexibility index (Phi) is 5.69. The summed E-state index contributed by atoms with van der Waals surface area (Å²) >= 11 is 3.40. The van der Waals surface area contributed by atoms with Crippen LogP contribution < -0.4 is 5.32 Å². The summed E-state index contributed by atoms with van der Waals surface area (Å²) in [6.07, 6.45) is 1.98. The Balaban J connectivity index is 2.58. The van der Waals surface area contributed by atoms with Crippen molar-refractivity contribution in [2.75, 3.05) is 32.5 Å². The third-order valence-corrected chi connectivity index (χ3v) is 2.49. The fourth-order valence-corrected chi connectivity index (χ4v) is 1.72. The van der Waals surface area contributed by atoms with E-state index in [9.17, 15) is 0 Å². The molecule has 1 aromatic heterocycles. The highest BCUT2D eigenvalue weighted by Crippen LogP contribution is 2.12. The maximum atomic E-state index is 4.45. The molecule has 4 nitrogen and oxygen atoms in total. The van der Waals surface area contributed by atoms with E-state index in [2.05, 4.69) is 57.1 Å². The molecule has 5 heteroatoms. The maximum absolute atomic E-state index is 4.45. The predicted molar refractivity (Wildman–Crippen MR) is 70.8 cm³/mol. The van der Waals surface area contributed by atoms with Gasteiger partial charge in [-0.05, 0) is 36.4 Å². The number of anilines is 1. The molecule has 1 N–H and O–H groups in total. The SMILES string of the molecule is CCCc1nc(Br)cc(NCCN(C)C)n1. The first-order valence-corrected chi connectivity index (χ1v) is 6.33. The van der Waals surface area contributed by atoms with Crippen LogP contribution in [0.2, 0.25) is 0 Å². The Morgan fingerprint density at radius 2 is 2.12 bits per heavy atom. The molecular formula is C11H19BrN4. The van der Waals surface area contributed by atoms with Crippen LogP contribution in [0.15, 0.2) is 10.7 Å². The molecule has 0 aliphatic carbocycles. The average Bonchev–Trinajstić information content (AvgIpc) is 2.16. The number of aromatic nitrogens is 2. The lowest BCUT2D eigenvalue weighted by atomic mass is 10.3. The molecule has 0 saturated carbocycles. The van der Waals surface area contributed by atoms with Crippen molar-refractivity contribution in [1.29, 1.82) is 0 Å². The van der Waals surface area contributed by atoms with Gasteiger partial charge in [0.25, 0.3) is 0 Å². The van der Waals surface area contributed by atoms with E-state index in [0.717, 1.165) is 42.2 Å². The first-order valence-electron chi connectivity index (χ1n) is 5.54. The number of halogens is 1. The van der Waals surface area contributed by atoms with E-state index >= 15 is 0 Å². The highest BCUT2D eigenvalue weighted by Gasteiger charge is 2.02. The van der Waals surface area contributed by atoms with Crippen LogP contribution in [0.5, 0.6) is 0 Å². The van der Waals surface area contributed by atoms with Gasteiger partial charge in [-0.25, -0.2) is 9.97 Å². The van der Waals surface area contributed by atoms with Gasteiger partial charge in [-0.15, -0.1) is 0 Å². The van der Waals surface area contributed by atoms with Gasteiger partial charge in [0.15, 0.2) is 0 Å². The molecule has 1 rings (SSSR count). The summed E-state index contributed by atoms with van der Waals surface area (Å²) in [6, 6.07) is 1.91. The van der Waals surface area contributed by atoms with Gasteiger partial charge in [-0.2, -0.15) is 0 Å². The number of likely N-dealkylation sites (N-methyl/N-ethyl adjacent to an activating group) is 1. The third kappa shape index (κ3) is 4.90. The van der Waals surface area contributed by atoms with Crippen LogP contribution in [0.1, 0.15) is 19.2 Å². The molecule has 0 aromatic carbocycles. The Bertz CT molecular complexity index is 328. The van der Waals surface area contributed by atoms with Crippen molar-refractivity contribution < 1.29 is 0 Å². The zero-order valence-corrected chi connectivity index (χ0v) is 11.7. The standard InChI is InChI=1S/C11H19BrN4/c1-4-5-10-14-9(12)8-11(15-10)13-6-7-16(2)3/h8H,4-7H2,1-3H3,(H,13,14,15). The van der Waals surface area contributed by atoms with E-state index < -0.39 is 0 Å². The fraction of sp³-hybridized carbons (Fsp3) is 0.636. The summed E-state index contributed by atoms with van der Waals surface area (Å²) in [6.45, 7) is 4.01.